The van der Waals surface area contributed by atoms with E-state index in [2.05, 4.69) is 16.1 Å². The van der Waals surface area contributed by atoms with E-state index in [4.69, 9.17) is 6.42 Å². The van der Waals surface area contributed by atoms with Crippen LogP contribution in [0.5, 0.6) is 0 Å². The quantitative estimate of drug-likeness (QED) is 0.671. The summed E-state index contributed by atoms with van der Waals surface area (Å²) in [6, 6.07) is 1.16. The molecule has 0 aromatic heterocycles. The number of hydrogen-bond donors (Lipinski definition) is 1. The van der Waals surface area contributed by atoms with Crippen LogP contribution in [-0.4, -0.2) is 36.6 Å². The van der Waals surface area contributed by atoms with Gasteiger partial charge in [0.05, 0.1) is 6.04 Å². The highest BCUT2D eigenvalue weighted by Gasteiger charge is 2.34. The average Bonchev–Trinajstić information content (AvgIpc) is 2.95. The molecule has 1 saturated heterocycles. The number of nitrogens with zero attached hydrogens (tertiary/aromatic N) is 1. The lowest BCUT2D eigenvalue weighted by Gasteiger charge is -2.16. The molecular weight excluding hydrogens is 172 g/mol. The standard InChI is InChI=1S/C12H20N2/c1-3-10(2)13-8-11-6-7-14(9-11)12-4-5-12/h1,10-13H,4-9H2,2H3. The monoisotopic (exact) mass is 192 g/mol. The van der Waals surface area contributed by atoms with Gasteiger partial charge in [0.1, 0.15) is 0 Å². The summed E-state index contributed by atoms with van der Waals surface area (Å²) in [5.41, 5.74) is 0. The largest absolute Gasteiger partial charge is 0.304 e. The fourth-order valence-electron chi connectivity index (χ4n) is 2.20. The van der Waals surface area contributed by atoms with Gasteiger partial charge in [-0.05, 0) is 38.6 Å². The van der Waals surface area contributed by atoms with Gasteiger partial charge in [-0.2, -0.15) is 0 Å². The highest BCUT2D eigenvalue weighted by Crippen LogP contribution is 2.31. The molecule has 78 valence electrons. The van der Waals surface area contributed by atoms with Crippen LogP contribution in [0, 0.1) is 18.3 Å². The molecular formula is C12H20N2. The maximum Gasteiger partial charge on any atom is 0.0658 e. The Hall–Kier alpha value is -0.520. The molecule has 2 unspecified atom stereocenters. The first kappa shape index (κ1) is 10.0. The Bertz CT molecular complexity index is 227. The van der Waals surface area contributed by atoms with Crippen molar-refractivity contribution in [2.75, 3.05) is 19.6 Å². The first-order valence-corrected chi connectivity index (χ1v) is 5.73. The van der Waals surface area contributed by atoms with Crippen molar-refractivity contribution in [2.24, 2.45) is 5.92 Å². The molecule has 2 atom stereocenters. The fourth-order valence-corrected chi connectivity index (χ4v) is 2.20. The molecule has 1 N–H and O–H groups in total. The molecule has 0 bridgehead atoms. The summed E-state index contributed by atoms with van der Waals surface area (Å²) in [5.74, 6) is 3.54. The lowest BCUT2D eigenvalue weighted by molar-refractivity contribution is 0.311. The van der Waals surface area contributed by atoms with E-state index >= 15 is 0 Å². The van der Waals surface area contributed by atoms with E-state index in [1.54, 1.807) is 0 Å². The maximum atomic E-state index is 5.32. The molecule has 0 radical (unpaired) electrons. The Labute approximate surface area is 87.1 Å². The molecule has 1 saturated carbocycles. The highest BCUT2D eigenvalue weighted by molar-refractivity contribution is 4.96. The normalized spacial score (nSPS) is 30.1. The Morgan fingerprint density at radius 3 is 2.93 bits per heavy atom. The number of nitrogens with one attached hydrogen (secondary N) is 1. The van der Waals surface area contributed by atoms with Gasteiger partial charge in [0.25, 0.3) is 0 Å². The third-order valence-electron chi connectivity index (χ3n) is 3.34. The Kier molecular flexibility index (Phi) is 3.10. The lowest BCUT2D eigenvalue weighted by atomic mass is 10.1. The minimum atomic E-state index is 0.227. The third kappa shape index (κ3) is 2.50. The van der Waals surface area contributed by atoms with Crippen molar-refractivity contribution in [3.63, 3.8) is 0 Å². The van der Waals surface area contributed by atoms with Crippen molar-refractivity contribution >= 4 is 0 Å². The van der Waals surface area contributed by atoms with E-state index in [1.165, 1.54) is 32.4 Å². The molecule has 2 nitrogen and oxygen atoms in total. The zero-order valence-electron chi connectivity index (χ0n) is 9.00. The van der Waals surface area contributed by atoms with Gasteiger partial charge in [-0.25, -0.2) is 0 Å². The van der Waals surface area contributed by atoms with Gasteiger partial charge in [-0.15, -0.1) is 6.42 Å². The summed E-state index contributed by atoms with van der Waals surface area (Å²) in [4.78, 5) is 2.65. The number of likely N-dealkylation sites (tertiary alicyclic amines) is 1. The molecule has 1 aliphatic heterocycles. The van der Waals surface area contributed by atoms with Crippen LogP contribution in [0.25, 0.3) is 0 Å². The molecule has 2 aliphatic rings. The molecule has 0 aromatic rings. The second-order valence-corrected chi connectivity index (χ2v) is 4.68. The van der Waals surface area contributed by atoms with Crippen LogP contribution in [0.15, 0.2) is 0 Å². The van der Waals surface area contributed by atoms with Crippen molar-refractivity contribution < 1.29 is 0 Å². The SMILES string of the molecule is C#CC(C)NCC1CCN(C2CC2)C1. The summed E-state index contributed by atoms with van der Waals surface area (Å²) >= 11 is 0. The van der Waals surface area contributed by atoms with E-state index in [0.29, 0.717) is 0 Å². The van der Waals surface area contributed by atoms with Gasteiger partial charge in [0, 0.05) is 19.1 Å². The van der Waals surface area contributed by atoms with Gasteiger partial charge in [0.2, 0.25) is 0 Å². The topological polar surface area (TPSA) is 15.3 Å². The second kappa shape index (κ2) is 4.33. The molecule has 1 heterocycles. The number of hydrogen-bond acceptors (Lipinski definition) is 2. The van der Waals surface area contributed by atoms with Gasteiger partial charge in [-0.3, -0.25) is 0 Å². The molecule has 1 aliphatic carbocycles. The van der Waals surface area contributed by atoms with Gasteiger partial charge in [-0.1, -0.05) is 5.92 Å². The van der Waals surface area contributed by atoms with Crippen LogP contribution >= 0.6 is 0 Å². The van der Waals surface area contributed by atoms with Crippen LogP contribution in [0.1, 0.15) is 26.2 Å². The van der Waals surface area contributed by atoms with Crippen LogP contribution in [0.4, 0.5) is 0 Å². The van der Waals surface area contributed by atoms with Crippen LogP contribution in [0.2, 0.25) is 0 Å². The van der Waals surface area contributed by atoms with Crippen molar-refractivity contribution in [3.05, 3.63) is 0 Å². The van der Waals surface area contributed by atoms with Gasteiger partial charge < -0.3 is 10.2 Å². The number of terminal acetylenes is 1. The summed E-state index contributed by atoms with van der Waals surface area (Å²) in [6.07, 6.45) is 9.53. The van der Waals surface area contributed by atoms with E-state index in [9.17, 15) is 0 Å². The second-order valence-electron chi connectivity index (χ2n) is 4.68. The van der Waals surface area contributed by atoms with E-state index in [0.717, 1.165) is 18.5 Å². The average molecular weight is 192 g/mol. The molecule has 2 heteroatoms. The minimum absolute atomic E-state index is 0.227. The molecule has 0 aromatic carbocycles. The fraction of sp³-hybridized carbons (Fsp3) is 0.833. The predicted molar refractivity (Wildman–Crippen MR) is 59.0 cm³/mol. The van der Waals surface area contributed by atoms with E-state index < -0.39 is 0 Å². The van der Waals surface area contributed by atoms with E-state index in [-0.39, 0.29) is 6.04 Å². The van der Waals surface area contributed by atoms with E-state index in [1.807, 2.05) is 6.92 Å². The van der Waals surface area contributed by atoms with Crippen molar-refractivity contribution in [2.45, 2.75) is 38.3 Å². The van der Waals surface area contributed by atoms with Crippen LogP contribution < -0.4 is 5.32 Å². The first-order chi connectivity index (χ1) is 6.79. The predicted octanol–water partition coefficient (Wildman–Crippen LogP) is 1.08. The zero-order valence-corrected chi connectivity index (χ0v) is 9.00. The zero-order chi connectivity index (χ0) is 9.97. The van der Waals surface area contributed by atoms with Crippen LogP contribution in [0.3, 0.4) is 0 Å². The summed E-state index contributed by atoms with van der Waals surface area (Å²) < 4.78 is 0. The smallest absolute Gasteiger partial charge is 0.0658 e. The summed E-state index contributed by atoms with van der Waals surface area (Å²) in [5, 5.41) is 3.39. The van der Waals surface area contributed by atoms with Crippen molar-refractivity contribution in [1.29, 1.82) is 0 Å². The Balaban J connectivity index is 1.66. The summed E-state index contributed by atoms with van der Waals surface area (Å²) in [6.45, 7) is 5.73. The van der Waals surface area contributed by atoms with Crippen LogP contribution in [-0.2, 0) is 0 Å². The Morgan fingerprint density at radius 2 is 2.29 bits per heavy atom. The minimum Gasteiger partial charge on any atom is -0.304 e. The molecule has 14 heavy (non-hydrogen) atoms. The molecule has 0 amide bonds. The van der Waals surface area contributed by atoms with Gasteiger partial charge in [0.15, 0.2) is 0 Å². The number of rotatable bonds is 4. The van der Waals surface area contributed by atoms with Gasteiger partial charge >= 0.3 is 0 Å². The molecule has 0 spiro atoms. The molecule has 2 rings (SSSR count). The summed E-state index contributed by atoms with van der Waals surface area (Å²) in [7, 11) is 0. The maximum absolute atomic E-state index is 5.32. The highest BCUT2D eigenvalue weighted by atomic mass is 15.2. The third-order valence-corrected chi connectivity index (χ3v) is 3.34. The first-order valence-electron chi connectivity index (χ1n) is 5.73. The lowest BCUT2D eigenvalue weighted by Crippen LogP contribution is -2.32. The molecule has 2 fully saturated rings. The Morgan fingerprint density at radius 1 is 1.50 bits per heavy atom. The van der Waals surface area contributed by atoms with Crippen molar-refractivity contribution in [3.8, 4) is 12.3 Å². The van der Waals surface area contributed by atoms with Crippen molar-refractivity contribution in [1.82, 2.24) is 10.2 Å².